The van der Waals surface area contributed by atoms with Gasteiger partial charge in [-0.05, 0) is 32.6 Å². The predicted molar refractivity (Wildman–Crippen MR) is 65.0 cm³/mol. The van der Waals surface area contributed by atoms with Crippen molar-refractivity contribution in [3.05, 3.63) is 0 Å². The van der Waals surface area contributed by atoms with Crippen LogP contribution >= 0.6 is 0 Å². The van der Waals surface area contributed by atoms with Crippen LogP contribution in [-0.4, -0.2) is 23.4 Å². The Kier molecular flexibility index (Phi) is 7.20. The highest BCUT2D eigenvalue weighted by atomic mass is 16.5. The molecule has 0 amide bonds. The molecule has 0 aromatic heterocycles. The number of rotatable bonds is 8. The molecule has 0 radical (unpaired) electrons. The van der Waals surface area contributed by atoms with Gasteiger partial charge in [0.25, 0.3) is 0 Å². The summed E-state index contributed by atoms with van der Waals surface area (Å²) in [4.78, 5) is 0. The molecule has 0 saturated heterocycles. The van der Waals surface area contributed by atoms with E-state index < -0.39 is 0 Å². The molecule has 0 fully saturated rings. The van der Waals surface area contributed by atoms with Crippen LogP contribution in [0.3, 0.4) is 0 Å². The van der Waals surface area contributed by atoms with E-state index in [-0.39, 0.29) is 11.7 Å². The smallest absolute Gasteiger partial charge is 0.0909 e. The molecule has 0 aromatic carbocycles. The van der Waals surface area contributed by atoms with Gasteiger partial charge in [-0.3, -0.25) is 0 Å². The van der Waals surface area contributed by atoms with Crippen LogP contribution in [0.4, 0.5) is 0 Å². The molecule has 0 spiro atoms. The van der Waals surface area contributed by atoms with Crippen LogP contribution in [0.5, 0.6) is 0 Å². The quantitative estimate of drug-likeness (QED) is 0.674. The maximum absolute atomic E-state index is 10.2. The van der Waals surface area contributed by atoms with Crippen LogP contribution in [0.1, 0.15) is 60.3 Å². The van der Waals surface area contributed by atoms with Gasteiger partial charge in [-0.15, -0.1) is 0 Å². The summed E-state index contributed by atoms with van der Waals surface area (Å²) in [6, 6.07) is 0. The third kappa shape index (κ3) is 4.98. The van der Waals surface area contributed by atoms with Crippen LogP contribution in [-0.2, 0) is 4.74 Å². The number of hydrogen-bond donors (Lipinski definition) is 1. The number of aliphatic hydroxyl groups is 1. The minimum absolute atomic E-state index is 0.344. The molecule has 3 atom stereocenters. The van der Waals surface area contributed by atoms with E-state index in [9.17, 15) is 5.11 Å². The molecule has 0 aliphatic rings. The lowest BCUT2D eigenvalue weighted by Gasteiger charge is -2.34. The topological polar surface area (TPSA) is 29.5 Å². The molecule has 0 aliphatic heterocycles. The molecule has 2 heteroatoms. The van der Waals surface area contributed by atoms with Gasteiger partial charge in [0.2, 0.25) is 0 Å². The second-order valence-electron chi connectivity index (χ2n) is 4.74. The standard InChI is InChI=1S/C13H28O2/c1-6-9-11(4)10-12(14)13(5,7-2)15-8-3/h11-12,14H,6-10H2,1-5H3. The van der Waals surface area contributed by atoms with E-state index in [0.717, 1.165) is 12.8 Å². The van der Waals surface area contributed by atoms with E-state index in [1.54, 1.807) is 0 Å². The zero-order valence-corrected chi connectivity index (χ0v) is 11.0. The molecule has 0 heterocycles. The molecule has 0 aliphatic carbocycles. The average molecular weight is 216 g/mol. The van der Waals surface area contributed by atoms with Gasteiger partial charge in [0.15, 0.2) is 0 Å². The van der Waals surface area contributed by atoms with Crippen LogP contribution in [0.2, 0.25) is 0 Å². The monoisotopic (exact) mass is 216 g/mol. The van der Waals surface area contributed by atoms with E-state index >= 15 is 0 Å². The molecular weight excluding hydrogens is 188 g/mol. The van der Waals surface area contributed by atoms with Crippen LogP contribution in [0.15, 0.2) is 0 Å². The van der Waals surface area contributed by atoms with E-state index in [1.807, 2.05) is 13.8 Å². The lowest BCUT2D eigenvalue weighted by Crippen LogP contribution is -2.42. The van der Waals surface area contributed by atoms with Gasteiger partial charge in [0.1, 0.15) is 0 Å². The summed E-state index contributed by atoms with van der Waals surface area (Å²) in [6.07, 6.45) is 3.73. The molecule has 2 nitrogen and oxygen atoms in total. The first-order valence-corrected chi connectivity index (χ1v) is 6.32. The zero-order valence-electron chi connectivity index (χ0n) is 11.0. The van der Waals surface area contributed by atoms with Gasteiger partial charge < -0.3 is 9.84 Å². The highest BCUT2D eigenvalue weighted by Gasteiger charge is 2.32. The average Bonchev–Trinajstić information content (AvgIpc) is 2.18. The van der Waals surface area contributed by atoms with Gasteiger partial charge in [-0.25, -0.2) is 0 Å². The highest BCUT2D eigenvalue weighted by Crippen LogP contribution is 2.26. The number of hydrogen-bond acceptors (Lipinski definition) is 2. The zero-order chi connectivity index (χ0) is 11.9. The molecule has 0 bridgehead atoms. The Morgan fingerprint density at radius 3 is 2.27 bits per heavy atom. The van der Waals surface area contributed by atoms with Gasteiger partial charge in [-0.2, -0.15) is 0 Å². The summed E-state index contributed by atoms with van der Waals surface area (Å²) in [6.45, 7) is 11.1. The first-order valence-electron chi connectivity index (χ1n) is 6.32. The molecule has 0 rings (SSSR count). The normalized spacial score (nSPS) is 19.6. The van der Waals surface area contributed by atoms with E-state index in [1.165, 1.54) is 12.8 Å². The van der Waals surface area contributed by atoms with Crippen molar-refractivity contribution >= 4 is 0 Å². The molecule has 0 aromatic rings. The fourth-order valence-corrected chi connectivity index (χ4v) is 2.00. The van der Waals surface area contributed by atoms with E-state index in [2.05, 4.69) is 20.8 Å². The summed E-state index contributed by atoms with van der Waals surface area (Å²) in [5.74, 6) is 0.580. The van der Waals surface area contributed by atoms with Gasteiger partial charge in [0, 0.05) is 6.61 Å². The third-order valence-corrected chi connectivity index (χ3v) is 3.29. The second-order valence-corrected chi connectivity index (χ2v) is 4.74. The van der Waals surface area contributed by atoms with Crippen LogP contribution in [0, 0.1) is 5.92 Å². The van der Waals surface area contributed by atoms with Crippen molar-refractivity contribution in [2.24, 2.45) is 5.92 Å². The van der Waals surface area contributed by atoms with E-state index in [0.29, 0.717) is 12.5 Å². The minimum atomic E-state index is -0.364. The van der Waals surface area contributed by atoms with Crippen molar-refractivity contribution in [2.45, 2.75) is 72.0 Å². The fourth-order valence-electron chi connectivity index (χ4n) is 2.00. The Balaban J connectivity index is 4.19. The second kappa shape index (κ2) is 7.24. The Morgan fingerprint density at radius 2 is 1.87 bits per heavy atom. The lowest BCUT2D eigenvalue weighted by atomic mass is 9.87. The maximum atomic E-state index is 10.2. The SMILES string of the molecule is CCCC(C)CC(O)C(C)(CC)OCC. The largest absolute Gasteiger partial charge is 0.390 e. The Hall–Kier alpha value is -0.0800. The molecule has 3 unspecified atom stereocenters. The van der Waals surface area contributed by atoms with Crippen molar-refractivity contribution in [2.75, 3.05) is 6.61 Å². The number of aliphatic hydroxyl groups excluding tert-OH is 1. The fraction of sp³-hybridized carbons (Fsp3) is 1.00. The van der Waals surface area contributed by atoms with Gasteiger partial charge in [-0.1, -0.05) is 33.6 Å². The van der Waals surface area contributed by atoms with E-state index in [4.69, 9.17) is 4.74 Å². The van der Waals surface area contributed by atoms with Crippen molar-refractivity contribution in [1.82, 2.24) is 0 Å². The van der Waals surface area contributed by atoms with Crippen molar-refractivity contribution in [3.8, 4) is 0 Å². The minimum Gasteiger partial charge on any atom is -0.390 e. The Morgan fingerprint density at radius 1 is 1.27 bits per heavy atom. The first kappa shape index (κ1) is 14.9. The lowest BCUT2D eigenvalue weighted by molar-refractivity contribution is -0.117. The molecular formula is C13H28O2. The molecule has 92 valence electrons. The summed E-state index contributed by atoms with van der Waals surface area (Å²) in [5, 5.41) is 10.2. The predicted octanol–water partition coefficient (Wildman–Crippen LogP) is 3.38. The first-order chi connectivity index (χ1) is 7.00. The molecule has 0 saturated carbocycles. The molecule has 1 N–H and O–H groups in total. The van der Waals surface area contributed by atoms with Crippen molar-refractivity contribution < 1.29 is 9.84 Å². The number of ether oxygens (including phenoxy) is 1. The van der Waals surface area contributed by atoms with Crippen molar-refractivity contribution in [1.29, 1.82) is 0 Å². The Labute approximate surface area is 95.0 Å². The van der Waals surface area contributed by atoms with Crippen LogP contribution in [0.25, 0.3) is 0 Å². The van der Waals surface area contributed by atoms with Crippen LogP contribution < -0.4 is 0 Å². The summed E-state index contributed by atoms with van der Waals surface area (Å²) in [7, 11) is 0. The maximum Gasteiger partial charge on any atom is 0.0909 e. The summed E-state index contributed by atoms with van der Waals surface area (Å²) >= 11 is 0. The van der Waals surface area contributed by atoms with Gasteiger partial charge in [0.05, 0.1) is 11.7 Å². The molecule has 15 heavy (non-hydrogen) atoms. The highest BCUT2D eigenvalue weighted by molar-refractivity contribution is 4.83. The Bertz CT molecular complexity index is 159. The van der Waals surface area contributed by atoms with Gasteiger partial charge >= 0.3 is 0 Å². The summed E-state index contributed by atoms with van der Waals surface area (Å²) in [5.41, 5.74) is -0.364. The van der Waals surface area contributed by atoms with Crippen molar-refractivity contribution in [3.63, 3.8) is 0 Å². The third-order valence-electron chi connectivity index (χ3n) is 3.29. The summed E-state index contributed by atoms with van der Waals surface area (Å²) < 4.78 is 5.67.